The molecule has 0 bridgehead atoms. The van der Waals surface area contributed by atoms with Gasteiger partial charge in [0, 0.05) is 49.9 Å². The number of likely N-dealkylation sites (tertiary alicyclic amines) is 2. The third-order valence-electron chi connectivity index (χ3n) is 6.30. The van der Waals surface area contributed by atoms with Gasteiger partial charge < -0.3 is 9.88 Å². The number of halogens is 2. The van der Waals surface area contributed by atoms with Crippen molar-refractivity contribution < 1.29 is 13.6 Å². The maximum absolute atomic E-state index is 13.9. The molecule has 1 amide bonds. The first-order valence-corrected chi connectivity index (χ1v) is 9.95. The van der Waals surface area contributed by atoms with E-state index in [2.05, 4.69) is 14.9 Å². The molecule has 1 aromatic carbocycles. The summed E-state index contributed by atoms with van der Waals surface area (Å²) < 4.78 is 27.4. The summed E-state index contributed by atoms with van der Waals surface area (Å²) in [6.07, 6.45) is 7.73. The molecule has 2 fully saturated rings. The highest BCUT2D eigenvalue weighted by Crippen LogP contribution is 2.40. The number of aromatic nitrogens is 2. The lowest BCUT2D eigenvalue weighted by molar-refractivity contribution is -0.139. The van der Waals surface area contributed by atoms with Crippen molar-refractivity contribution in [1.29, 1.82) is 0 Å². The Morgan fingerprint density at radius 2 is 2.00 bits per heavy atom. The molecule has 4 rings (SSSR count). The van der Waals surface area contributed by atoms with Gasteiger partial charge in [0.05, 0.1) is 6.33 Å². The second-order valence-corrected chi connectivity index (χ2v) is 8.13. The monoisotopic (exact) mass is 388 g/mol. The molecule has 1 N–H and O–H groups in total. The molecular formula is C21H26F2N4O. The predicted molar refractivity (Wildman–Crippen MR) is 101 cm³/mol. The standard InChI is InChI=1S/C21H26F2N4O/c22-18-3-1-2-16(20(18)23)13-26-10-7-21(8-11-26)6-4-19(28)27(14-21)9-5-17-12-24-15-25-17/h1-3,12,15H,4-11,13-14H2,(H,24,25). The molecule has 0 unspecified atom stereocenters. The zero-order valence-electron chi connectivity index (χ0n) is 16.0. The number of nitrogens with zero attached hydrogens (tertiary/aromatic N) is 3. The SMILES string of the molecule is O=C1CCC2(CCN(Cc3cccc(F)c3F)CC2)CN1CCc1cnc[nH]1. The quantitative estimate of drug-likeness (QED) is 0.856. The lowest BCUT2D eigenvalue weighted by Crippen LogP contribution is -2.51. The van der Waals surface area contributed by atoms with Crippen LogP contribution < -0.4 is 0 Å². The van der Waals surface area contributed by atoms with Crippen LogP contribution in [0, 0.1) is 17.0 Å². The number of amides is 1. The highest BCUT2D eigenvalue weighted by atomic mass is 19.2. The van der Waals surface area contributed by atoms with E-state index >= 15 is 0 Å². The zero-order valence-corrected chi connectivity index (χ0v) is 16.0. The van der Waals surface area contributed by atoms with Crippen molar-refractivity contribution in [2.24, 2.45) is 5.41 Å². The van der Waals surface area contributed by atoms with E-state index in [1.54, 1.807) is 24.7 Å². The molecule has 150 valence electrons. The fourth-order valence-corrected chi connectivity index (χ4v) is 4.49. The minimum Gasteiger partial charge on any atom is -0.348 e. The molecule has 7 heteroatoms. The summed E-state index contributed by atoms with van der Waals surface area (Å²) in [6, 6.07) is 4.36. The van der Waals surface area contributed by atoms with E-state index < -0.39 is 11.6 Å². The average Bonchev–Trinajstić information content (AvgIpc) is 3.22. The summed E-state index contributed by atoms with van der Waals surface area (Å²) in [5.41, 5.74) is 1.61. The van der Waals surface area contributed by atoms with Crippen molar-refractivity contribution in [2.45, 2.75) is 38.6 Å². The molecule has 28 heavy (non-hydrogen) atoms. The molecule has 2 aromatic rings. The number of hydrogen-bond donors (Lipinski definition) is 1. The molecule has 3 heterocycles. The molecule has 1 spiro atoms. The zero-order chi connectivity index (χ0) is 19.6. The predicted octanol–water partition coefficient (Wildman–Crippen LogP) is 3.14. The second kappa shape index (κ2) is 7.99. The summed E-state index contributed by atoms with van der Waals surface area (Å²) in [5.74, 6) is -1.30. The Balaban J connectivity index is 1.33. The van der Waals surface area contributed by atoms with E-state index in [0.717, 1.165) is 57.1 Å². The van der Waals surface area contributed by atoms with Gasteiger partial charge in [-0.15, -0.1) is 0 Å². The molecule has 0 saturated carbocycles. The molecule has 0 radical (unpaired) electrons. The number of hydrogen-bond acceptors (Lipinski definition) is 3. The van der Waals surface area contributed by atoms with Crippen LogP contribution in [0.15, 0.2) is 30.7 Å². The van der Waals surface area contributed by atoms with Crippen LogP contribution in [0.25, 0.3) is 0 Å². The minimum atomic E-state index is -0.787. The van der Waals surface area contributed by atoms with Crippen LogP contribution in [0.2, 0.25) is 0 Å². The van der Waals surface area contributed by atoms with Crippen molar-refractivity contribution in [3.05, 3.63) is 53.6 Å². The highest BCUT2D eigenvalue weighted by Gasteiger charge is 2.40. The smallest absolute Gasteiger partial charge is 0.222 e. The van der Waals surface area contributed by atoms with Gasteiger partial charge in [-0.3, -0.25) is 9.69 Å². The highest BCUT2D eigenvalue weighted by molar-refractivity contribution is 5.77. The van der Waals surface area contributed by atoms with Gasteiger partial charge in [-0.25, -0.2) is 13.8 Å². The maximum atomic E-state index is 13.9. The van der Waals surface area contributed by atoms with E-state index in [4.69, 9.17) is 0 Å². The summed E-state index contributed by atoms with van der Waals surface area (Å²) in [7, 11) is 0. The Morgan fingerprint density at radius 1 is 1.18 bits per heavy atom. The molecular weight excluding hydrogens is 362 g/mol. The van der Waals surface area contributed by atoms with Gasteiger partial charge in [-0.05, 0) is 43.8 Å². The Hall–Kier alpha value is -2.28. The minimum absolute atomic E-state index is 0.152. The Bertz CT molecular complexity index is 816. The van der Waals surface area contributed by atoms with Gasteiger partial charge in [-0.1, -0.05) is 12.1 Å². The molecule has 2 saturated heterocycles. The number of carbonyl (C=O) groups is 1. The molecule has 5 nitrogen and oxygen atoms in total. The first kappa shape index (κ1) is 19.1. The number of aromatic amines is 1. The number of H-pyrrole nitrogens is 1. The normalized spacial score (nSPS) is 20.1. The molecule has 2 aliphatic rings. The second-order valence-electron chi connectivity index (χ2n) is 8.13. The van der Waals surface area contributed by atoms with Gasteiger partial charge in [0.1, 0.15) is 0 Å². The first-order chi connectivity index (χ1) is 13.5. The van der Waals surface area contributed by atoms with Gasteiger partial charge >= 0.3 is 0 Å². The van der Waals surface area contributed by atoms with Crippen LogP contribution in [0.5, 0.6) is 0 Å². The Morgan fingerprint density at radius 3 is 2.75 bits per heavy atom. The van der Waals surface area contributed by atoms with Crippen LogP contribution in [0.3, 0.4) is 0 Å². The van der Waals surface area contributed by atoms with Crippen LogP contribution >= 0.6 is 0 Å². The number of rotatable bonds is 5. The van der Waals surface area contributed by atoms with Crippen molar-refractivity contribution in [2.75, 3.05) is 26.2 Å². The summed E-state index contributed by atoms with van der Waals surface area (Å²) in [6.45, 7) is 3.63. The van der Waals surface area contributed by atoms with E-state index in [-0.39, 0.29) is 11.3 Å². The number of piperidine rings is 2. The van der Waals surface area contributed by atoms with E-state index in [1.165, 1.54) is 0 Å². The maximum Gasteiger partial charge on any atom is 0.222 e. The third kappa shape index (κ3) is 4.09. The van der Waals surface area contributed by atoms with Crippen molar-refractivity contribution in [1.82, 2.24) is 19.8 Å². The summed E-state index contributed by atoms with van der Waals surface area (Å²) in [5, 5.41) is 0. The summed E-state index contributed by atoms with van der Waals surface area (Å²) in [4.78, 5) is 23.7. The number of carbonyl (C=O) groups excluding carboxylic acids is 1. The van der Waals surface area contributed by atoms with E-state index in [1.807, 2.05) is 4.90 Å². The van der Waals surface area contributed by atoms with Gasteiger partial charge in [0.15, 0.2) is 11.6 Å². The number of nitrogens with one attached hydrogen (secondary N) is 1. The number of imidazole rings is 1. The summed E-state index contributed by atoms with van der Waals surface area (Å²) >= 11 is 0. The van der Waals surface area contributed by atoms with Crippen LogP contribution in [-0.4, -0.2) is 51.9 Å². The molecule has 0 aliphatic carbocycles. The van der Waals surface area contributed by atoms with Crippen LogP contribution in [-0.2, 0) is 17.8 Å². The topological polar surface area (TPSA) is 52.2 Å². The van der Waals surface area contributed by atoms with Gasteiger partial charge in [-0.2, -0.15) is 0 Å². The molecule has 0 atom stereocenters. The average molecular weight is 388 g/mol. The van der Waals surface area contributed by atoms with Crippen molar-refractivity contribution >= 4 is 5.91 Å². The largest absolute Gasteiger partial charge is 0.348 e. The molecule has 1 aromatic heterocycles. The lowest BCUT2D eigenvalue weighted by atomic mass is 9.72. The van der Waals surface area contributed by atoms with E-state index in [0.29, 0.717) is 25.1 Å². The van der Waals surface area contributed by atoms with Crippen LogP contribution in [0.4, 0.5) is 8.78 Å². The Kier molecular flexibility index (Phi) is 5.44. The first-order valence-electron chi connectivity index (χ1n) is 9.95. The lowest BCUT2D eigenvalue weighted by Gasteiger charge is -2.47. The van der Waals surface area contributed by atoms with Crippen molar-refractivity contribution in [3.63, 3.8) is 0 Å². The fraction of sp³-hybridized carbons (Fsp3) is 0.524. The van der Waals surface area contributed by atoms with Gasteiger partial charge in [0.25, 0.3) is 0 Å². The van der Waals surface area contributed by atoms with E-state index in [9.17, 15) is 13.6 Å². The van der Waals surface area contributed by atoms with Crippen LogP contribution in [0.1, 0.15) is 36.9 Å². The molecule has 2 aliphatic heterocycles. The fourth-order valence-electron chi connectivity index (χ4n) is 4.49. The van der Waals surface area contributed by atoms with Crippen molar-refractivity contribution in [3.8, 4) is 0 Å². The third-order valence-corrected chi connectivity index (χ3v) is 6.30. The van der Waals surface area contributed by atoms with Gasteiger partial charge in [0.2, 0.25) is 5.91 Å². The number of benzene rings is 1. The Labute approximate surface area is 163 Å².